The SMILES string of the molecule is CCN1CCN(c2ccc(Nc3ncc4scc(-c5cccc(S(C)(=O)=O)c5)c4n3)cc2)CC1. The van der Waals surface area contributed by atoms with Gasteiger partial charge in [-0.2, -0.15) is 0 Å². The van der Waals surface area contributed by atoms with Crippen LogP contribution in [0.5, 0.6) is 0 Å². The van der Waals surface area contributed by atoms with Gasteiger partial charge in [0.1, 0.15) is 0 Å². The Bertz CT molecular complexity index is 1410. The van der Waals surface area contributed by atoms with E-state index in [1.165, 1.54) is 11.9 Å². The van der Waals surface area contributed by atoms with Crippen molar-refractivity contribution in [2.45, 2.75) is 11.8 Å². The van der Waals surface area contributed by atoms with Crippen LogP contribution in [0.4, 0.5) is 17.3 Å². The van der Waals surface area contributed by atoms with Gasteiger partial charge in [-0.25, -0.2) is 18.4 Å². The van der Waals surface area contributed by atoms with Crippen LogP contribution in [0.3, 0.4) is 0 Å². The summed E-state index contributed by atoms with van der Waals surface area (Å²) in [5, 5.41) is 5.30. The predicted octanol–water partition coefficient (Wildman–Crippen LogP) is 4.65. The third-order valence-corrected chi connectivity index (χ3v) is 8.21. The van der Waals surface area contributed by atoms with Crippen LogP contribution in [0.15, 0.2) is 65.0 Å². The molecule has 34 heavy (non-hydrogen) atoms. The number of hydrogen-bond donors (Lipinski definition) is 1. The lowest BCUT2D eigenvalue weighted by Crippen LogP contribution is -2.46. The Balaban J connectivity index is 1.36. The minimum absolute atomic E-state index is 0.299. The van der Waals surface area contributed by atoms with E-state index < -0.39 is 9.84 Å². The second-order valence-electron chi connectivity index (χ2n) is 8.45. The second-order valence-corrected chi connectivity index (χ2v) is 11.4. The van der Waals surface area contributed by atoms with E-state index in [0.717, 1.165) is 59.8 Å². The number of benzene rings is 2. The molecule has 9 heteroatoms. The second kappa shape index (κ2) is 9.32. The van der Waals surface area contributed by atoms with Crippen molar-refractivity contribution in [1.29, 1.82) is 0 Å². The summed E-state index contributed by atoms with van der Waals surface area (Å²) in [6.45, 7) is 7.60. The molecular formula is C25H27N5O2S2. The largest absolute Gasteiger partial charge is 0.369 e. The van der Waals surface area contributed by atoms with Crippen molar-refractivity contribution in [3.05, 3.63) is 60.1 Å². The molecule has 5 rings (SSSR count). The summed E-state index contributed by atoms with van der Waals surface area (Å²) in [6.07, 6.45) is 3.03. The Morgan fingerprint density at radius 1 is 1.06 bits per heavy atom. The Hall–Kier alpha value is -3.01. The summed E-state index contributed by atoms with van der Waals surface area (Å²) in [5.74, 6) is 0.510. The molecule has 4 aromatic rings. The molecule has 1 saturated heterocycles. The lowest BCUT2D eigenvalue weighted by atomic mass is 10.1. The molecule has 0 spiro atoms. The molecule has 0 radical (unpaired) electrons. The fourth-order valence-electron chi connectivity index (χ4n) is 4.19. The number of sulfone groups is 1. The highest BCUT2D eigenvalue weighted by Crippen LogP contribution is 2.34. The third kappa shape index (κ3) is 4.77. The quantitative estimate of drug-likeness (QED) is 0.419. The van der Waals surface area contributed by atoms with E-state index in [1.807, 2.05) is 11.4 Å². The molecule has 2 aromatic carbocycles. The lowest BCUT2D eigenvalue weighted by Gasteiger charge is -2.35. The number of rotatable bonds is 6. The highest BCUT2D eigenvalue weighted by molar-refractivity contribution is 7.90. The molecule has 1 N–H and O–H groups in total. The topological polar surface area (TPSA) is 78.4 Å². The van der Waals surface area contributed by atoms with Crippen molar-refractivity contribution in [2.24, 2.45) is 0 Å². The van der Waals surface area contributed by atoms with Crippen LogP contribution in [0.1, 0.15) is 6.92 Å². The first kappa shape index (κ1) is 22.8. The van der Waals surface area contributed by atoms with Gasteiger partial charge in [-0.05, 0) is 48.5 Å². The molecule has 1 aliphatic rings. The number of likely N-dealkylation sites (N-methyl/N-ethyl adjacent to an activating group) is 1. The zero-order valence-corrected chi connectivity index (χ0v) is 20.9. The van der Waals surface area contributed by atoms with Crippen LogP contribution in [0.2, 0.25) is 0 Å². The number of aromatic nitrogens is 2. The summed E-state index contributed by atoms with van der Waals surface area (Å²) in [7, 11) is -3.28. The molecule has 0 bridgehead atoms. The van der Waals surface area contributed by atoms with Gasteiger partial charge in [0.25, 0.3) is 0 Å². The lowest BCUT2D eigenvalue weighted by molar-refractivity contribution is 0.271. The van der Waals surface area contributed by atoms with Crippen molar-refractivity contribution >= 4 is 48.7 Å². The van der Waals surface area contributed by atoms with Gasteiger partial charge in [0.05, 0.1) is 21.3 Å². The smallest absolute Gasteiger partial charge is 0.227 e. The molecule has 1 aliphatic heterocycles. The number of fused-ring (bicyclic) bond motifs is 1. The van der Waals surface area contributed by atoms with Gasteiger partial charge in [-0.3, -0.25) is 0 Å². The molecule has 3 heterocycles. The number of thiophene rings is 1. The standard InChI is InChI=1S/C25H27N5O2S2/c1-3-29-11-13-30(14-12-29)20-9-7-19(8-10-20)27-25-26-16-23-24(28-25)22(17-33-23)18-5-4-6-21(15-18)34(2,31)32/h4-10,15-17H,3,11-14H2,1-2H3,(H,26,27,28). The van der Waals surface area contributed by atoms with Crippen LogP contribution in [-0.2, 0) is 9.84 Å². The van der Waals surface area contributed by atoms with Crippen molar-refractivity contribution in [3.63, 3.8) is 0 Å². The van der Waals surface area contributed by atoms with Crippen molar-refractivity contribution in [1.82, 2.24) is 14.9 Å². The van der Waals surface area contributed by atoms with Gasteiger partial charge in [-0.1, -0.05) is 19.1 Å². The van der Waals surface area contributed by atoms with E-state index in [2.05, 4.69) is 51.3 Å². The van der Waals surface area contributed by atoms with Gasteiger partial charge in [-0.15, -0.1) is 11.3 Å². The van der Waals surface area contributed by atoms with E-state index in [-0.39, 0.29) is 0 Å². The van der Waals surface area contributed by atoms with E-state index in [9.17, 15) is 8.42 Å². The first-order chi connectivity index (χ1) is 16.4. The minimum Gasteiger partial charge on any atom is -0.369 e. The number of nitrogens with zero attached hydrogens (tertiary/aromatic N) is 4. The third-order valence-electron chi connectivity index (χ3n) is 6.20. The van der Waals surface area contributed by atoms with Gasteiger partial charge >= 0.3 is 0 Å². The first-order valence-electron chi connectivity index (χ1n) is 11.3. The Morgan fingerprint density at radius 3 is 2.53 bits per heavy atom. The monoisotopic (exact) mass is 493 g/mol. The summed E-state index contributed by atoms with van der Waals surface area (Å²) >= 11 is 1.55. The number of piperazine rings is 1. The first-order valence-corrected chi connectivity index (χ1v) is 14.1. The zero-order chi connectivity index (χ0) is 23.7. The van der Waals surface area contributed by atoms with Crippen molar-refractivity contribution < 1.29 is 8.42 Å². The van der Waals surface area contributed by atoms with E-state index in [0.29, 0.717) is 10.8 Å². The molecule has 176 valence electrons. The zero-order valence-electron chi connectivity index (χ0n) is 19.2. The highest BCUT2D eigenvalue weighted by Gasteiger charge is 2.16. The maximum absolute atomic E-state index is 12.0. The maximum Gasteiger partial charge on any atom is 0.227 e. The molecular weight excluding hydrogens is 466 g/mol. The number of anilines is 3. The number of hydrogen-bond acceptors (Lipinski definition) is 8. The van der Waals surface area contributed by atoms with Gasteiger partial charge in [0, 0.05) is 54.8 Å². The maximum atomic E-state index is 12.0. The molecule has 0 aliphatic carbocycles. The molecule has 2 aromatic heterocycles. The summed E-state index contributed by atoms with van der Waals surface area (Å²) in [4.78, 5) is 14.4. The minimum atomic E-state index is -3.28. The van der Waals surface area contributed by atoms with Crippen LogP contribution in [0, 0.1) is 0 Å². The predicted molar refractivity (Wildman–Crippen MR) is 140 cm³/mol. The Labute approximate surface area is 204 Å². The van der Waals surface area contributed by atoms with Crippen molar-refractivity contribution in [2.75, 3.05) is 49.2 Å². The number of nitrogens with one attached hydrogen (secondary N) is 1. The Kier molecular flexibility index (Phi) is 6.24. The Morgan fingerprint density at radius 2 is 1.82 bits per heavy atom. The van der Waals surface area contributed by atoms with E-state index >= 15 is 0 Å². The molecule has 0 saturated carbocycles. The average molecular weight is 494 g/mol. The molecule has 1 fully saturated rings. The van der Waals surface area contributed by atoms with E-state index in [1.54, 1.807) is 35.7 Å². The highest BCUT2D eigenvalue weighted by atomic mass is 32.2. The summed E-state index contributed by atoms with van der Waals surface area (Å²) in [6, 6.07) is 15.4. The van der Waals surface area contributed by atoms with Crippen LogP contribution in [-0.4, -0.2) is 62.3 Å². The summed E-state index contributed by atoms with van der Waals surface area (Å²) in [5.41, 5.74) is 4.68. The fourth-order valence-corrected chi connectivity index (χ4v) is 5.73. The van der Waals surface area contributed by atoms with Gasteiger partial charge in [0.2, 0.25) is 5.95 Å². The van der Waals surface area contributed by atoms with Crippen LogP contribution in [0.25, 0.3) is 21.3 Å². The van der Waals surface area contributed by atoms with Gasteiger partial charge in [0.15, 0.2) is 9.84 Å². The molecule has 7 nitrogen and oxygen atoms in total. The van der Waals surface area contributed by atoms with E-state index in [4.69, 9.17) is 4.98 Å². The molecule has 0 atom stereocenters. The fraction of sp³-hybridized carbons (Fsp3) is 0.280. The average Bonchev–Trinajstić information content (AvgIpc) is 3.27. The van der Waals surface area contributed by atoms with Crippen molar-refractivity contribution in [3.8, 4) is 11.1 Å². The normalized spacial score (nSPS) is 15.1. The van der Waals surface area contributed by atoms with Gasteiger partial charge < -0.3 is 15.1 Å². The molecule has 0 unspecified atom stereocenters. The van der Waals surface area contributed by atoms with Crippen LogP contribution < -0.4 is 10.2 Å². The summed E-state index contributed by atoms with van der Waals surface area (Å²) < 4.78 is 24.9. The molecule has 0 amide bonds. The van der Waals surface area contributed by atoms with Crippen LogP contribution >= 0.6 is 11.3 Å².